The van der Waals surface area contributed by atoms with E-state index in [9.17, 15) is 4.79 Å². The Hall–Kier alpha value is -1.06. The maximum absolute atomic E-state index is 12.2. The molecule has 1 saturated heterocycles. The molecule has 0 saturated carbocycles. The van der Waals surface area contributed by atoms with E-state index in [-0.39, 0.29) is 18.0 Å². The highest BCUT2D eigenvalue weighted by atomic mass is 35.5. The van der Waals surface area contributed by atoms with Gasteiger partial charge in [-0.1, -0.05) is 36.6 Å². The Balaban J connectivity index is 1.92. The van der Waals surface area contributed by atoms with Crippen molar-refractivity contribution in [3.63, 3.8) is 0 Å². The molecule has 0 spiro atoms. The van der Waals surface area contributed by atoms with Crippen molar-refractivity contribution < 1.29 is 4.79 Å². The second kappa shape index (κ2) is 6.92. The molecular weight excluding hydrogens is 260 g/mol. The van der Waals surface area contributed by atoms with Gasteiger partial charge in [-0.05, 0) is 44.0 Å². The Morgan fingerprint density at radius 1 is 1.32 bits per heavy atom. The number of carbonyl (C=O) groups excluding carboxylic acids is 1. The van der Waals surface area contributed by atoms with E-state index in [1.165, 1.54) is 6.42 Å². The van der Waals surface area contributed by atoms with Crippen LogP contribution in [0.2, 0.25) is 5.02 Å². The minimum Gasteiger partial charge on any atom is -0.348 e. The van der Waals surface area contributed by atoms with Gasteiger partial charge in [-0.3, -0.25) is 4.79 Å². The summed E-state index contributed by atoms with van der Waals surface area (Å²) in [6, 6.07) is 7.57. The summed E-state index contributed by atoms with van der Waals surface area (Å²) in [5.41, 5.74) is 1.08. The first-order valence-corrected chi connectivity index (χ1v) is 7.34. The molecule has 2 unspecified atom stereocenters. The highest BCUT2D eigenvalue weighted by Crippen LogP contribution is 2.17. The summed E-state index contributed by atoms with van der Waals surface area (Å²) < 4.78 is 0. The quantitative estimate of drug-likeness (QED) is 0.893. The zero-order valence-electron chi connectivity index (χ0n) is 11.3. The monoisotopic (exact) mass is 280 g/mol. The molecule has 0 aliphatic carbocycles. The highest BCUT2D eigenvalue weighted by molar-refractivity contribution is 6.30. The predicted octanol–water partition coefficient (Wildman–Crippen LogP) is 3.05. The molecule has 1 aromatic carbocycles. The third kappa shape index (κ3) is 4.22. The Bertz CT molecular complexity index is 411. The number of amides is 1. The molecule has 19 heavy (non-hydrogen) atoms. The second-order valence-electron chi connectivity index (χ2n) is 5.14. The van der Waals surface area contributed by atoms with Crippen molar-refractivity contribution in [1.82, 2.24) is 10.6 Å². The van der Waals surface area contributed by atoms with Crippen LogP contribution in [0.4, 0.5) is 0 Å². The summed E-state index contributed by atoms with van der Waals surface area (Å²) in [5, 5.41) is 7.10. The van der Waals surface area contributed by atoms with Crippen LogP contribution in [0.25, 0.3) is 0 Å². The fraction of sp³-hybridized carbons (Fsp3) is 0.533. The van der Waals surface area contributed by atoms with Gasteiger partial charge in [-0.2, -0.15) is 0 Å². The molecule has 0 aromatic heterocycles. The van der Waals surface area contributed by atoms with Crippen LogP contribution in [0, 0.1) is 0 Å². The van der Waals surface area contributed by atoms with Crippen LogP contribution in [0.3, 0.4) is 0 Å². The lowest BCUT2D eigenvalue weighted by Gasteiger charge is -2.20. The van der Waals surface area contributed by atoms with Crippen LogP contribution < -0.4 is 10.6 Å². The number of hydrogen-bond acceptors (Lipinski definition) is 2. The van der Waals surface area contributed by atoms with Gasteiger partial charge < -0.3 is 10.6 Å². The summed E-state index contributed by atoms with van der Waals surface area (Å²) >= 11 is 5.86. The normalized spacial score (nSPS) is 21.5. The highest BCUT2D eigenvalue weighted by Gasteiger charge is 2.21. The molecule has 3 nitrogen and oxygen atoms in total. The Labute approximate surface area is 119 Å². The first-order valence-electron chi connectivity index (χ1n) is 6.96. The van der Waals surface area contributed by atoms with Crippen LogP contribution in [0.1, 0.15) is 44.2 Å². The molecule has 4 heteroatoms. The average Bonchev–Trinajstić information content (AvgIpc) is 2.68. The van der Waals surface area contributed by atoms with Gasteiger partial charge in [0.25, 0.3) is 0 Å². The fourth-order valence-electron chi connectivity index (χ4n) is 2.40. The standard InChI is InChI=1S/C15H21ClN2O/c1-11(12-6-8-13(16)9-7-12)18-15(19)14-5-3-2-4-10-17-14/h6-9,11,14,17H,2-5,10H2,1H3,(H,18,19). The van der Waals surface area contributed by atoms with E-state index in [2.05, 4.69) is 10.6 Å². The van der Waals surface area contributed by atoms with Crippen LogP contribution in [-0.2, 0) is 4.79 Å². The number of benzene rings is 1. The molecule has 1 aliphatic rings. The summed E-state index contributed by atoms with van der Waals surface area (Å²) in [4.78, 5) is 12.2. The second-order valence-corrected chi connectivity index (χ2v) is 5.57. The molecule has 1 amide bonds. The molecule has 1 aromatic rings. The van der Waals surface area contributed by atoms with Crippen LogP contribution in [0.5, 0.6) is 0 Å². The smallest absolute Gasteiger partial charge is 0.237 e. The van der Waals surface area contributed by atoms with Crippen molar-refractivity contribution in [3.05, 3.63) is 34.9 Å². The minimum absolute atomic E-state index is 0.00909. The van der Waals surface area contributed by atoms with Gasteiger partial charge in [-0.25, -0.2) is 0 Å². The minimum atomic E-state index is -0.0442. The maximum Gasteiger partial charge on any atom is 0.237 e. The first-order chi connectivity index (χ1) is 9.16. The van der Waals surface area contributed by atoms with Gasteiger partial charge in [-0.15, -0.1) is 0 Å². The summed E-state index contributed by atoms with van der Waals surface area (Å²) in [5.74, 6) is 0.101. The molecule has 0 bridgehead atoms. The lowest BCUT2D eigenvalue weighted by atomic mass is 10.1. The van der Waals surface area contributed by atoms with Crippen molar-refractivity contribution in [1.29, 1.82) is 0 Å². The van der Waals surface area contributed by atoms with Crippen molar-refractivity contribution >= 4 is 17.5 Å². The van der Waals surface area contributed by atoms with E-state index in [4.69, 9.17) is 11.6 Å². The first kappa shape index (κ1) is 14.4. The maximum atomic E-state index is 12.2. The summed E-state index contributed by atoms with van der Waals surface area (Å²) in [6.07, 6.45) is 4.43. The number of halogens is 1. The average molecular weight is 281 g/mol. The van der Waals surface area contributed by atoms with Gasteiger partial charge in [0.1, 0.15) is 0 Å². The zero-order chi connectivity index (χ0) is 13.7. The molecule has 1 aliphatic heterocycles. The number of hydrogen-bond donors (Lipinski definition) is 2. The van der Waals surface area contributed by atoms with Crippen molar-refractivity contribution in [2.45, 2.75) is 44.7 Å². The van der Waals surface area contributed by atoms with E-state index in [1.54, 1.807) is 0 Å². The van der Waals surface area contributed by atoms with Crippen LogP contribution in [-0.4, -0.2) is 18.5 Å². The molecule has 2 atom stereocenters. The molecule has 2 rings (SSSR count). The van der Waals surface area contributed by atoms with Crippen molar-refractivity contribution in [3.8, 4) is 0 Å². The zero-order valence-corrected chi connectivity index (χ0v) is 12.0. The summed E-state index contributed by atoms with van der Waals surface area (Å²) in [6.45, 7) is 2.94. The largest absolute Gasteiger partial charge is 0.348 e. The SMILES string of the molecule is CC(NC(=O)C1CCCCCN1)c1ccc(Cl)cc1. The van der Waals surface area contributed by atoms with Gasteiger partial charge in [0.05, 0.1) is 12.1 Å². The topological polar surface area (TPSA) is 41.1 Å². The molecule has 1 fully saturated rings. The lowest BCUT2D eigenvalue weighted by Crippen LogP contribution is -2.44. The summed E-state index contributed by atoms with van der Waals surface area (Å²) in [7, 11) is 0. The molecule has 2 N–H and O–H groups in total. The number of nitrogens with one attached hydrogen (secondary N) is 2. The van der Waals surface area contributed by atoms with Crippen LogP contribution in [0.15, 0.2) is 24.3 Å². The lowest BCUT2D eigenvalue weighted by molar-refractivity contribution is -0.123. The Morgan fingerprint density at radius 2 is 2.05 bits per heavy atom. The van der Waals surface area contributed by atoms with E-state index in [0.29, 0.717) is 5.02 Å². The molecule has 104 valence electrons. The molecule has 1 heterocycles. The van der Waals surface area contributed by atoms with E-state index in [0.717, 1.165) is 31.4 Å². The fourth-order valence-corrected chi connectivity index (χ4v) is 2.53. The van der Waals surface area contributed by atoms with Crippen molar-refractivity contribution in [2.24, 2.45) is 0 Å². The van der Waals surface area contributed by atoms with E-state index >= 15 is 0 Å². The van der Waals surface area contributed by atoms with E-state index in [1.807, 2.05) is 31.2 Å². The predicted molar refractivity (Wildman–Crippen MR) is 78.3 cm³/mol. The number of rotatable bonds is 3. The molecular formula is C15H21ClN2O. The van der Waals surface area contributed by atoms with Gasteiger partial charge in [0, 0.05) is 5.02 Å². The third-order valence-electron chi connectivity index (χ3n) is 3.61. The van der Waals surface area contributed by atoms with Gasteiger partial charge in [0.2, 0.25) is 5.91 Å². The van der Waals surface area contributed by atoms with E-state index < -0.39 is 0 Å². The van der Waals surface area contributed by atoms with Gasteiger partial charge >= 0.3 is 0 Å². The van der Waals surface area contributed by atoms with Crippen LogP contribution >= 0.6 is 11.6 Å². The number of carbonyl (C=O) groups is 1. The van der Waals surface area contributed by atoms with Crippen molar-refractivity contribution in [2.75, 3.05) is 6.54 Å². The Kier molecular flexibility index (Phi) is 5.23. The Morgan fingerprint density at radius 3 is 2.79 bits per heavy atom. The van der Waals surface area contributed by atoms with Gasteiger partial charge in [0.15, 0.2) is 0 Å². The molecule has 0 radical (unpaired) electrons. The third-order valence-corrected chi connectivity index (χ3v) is 3.86.